The Hall–Kier alpha value is -2.36. The SMILES string of the molecule is CN(C)c1cccc(NC(=O)CCc2ccccn2)c1. The molecular weight excluding hydrogens is 250 g/mol. The van der Waals surface area contributed by atoms with Gasteiger partial charge < -0.3 is 10.2 Å². The fraction of sp³-hybridized carbons (Fsp3) is 0.250. The van der Waals surface area contributed by atoms with Gasteiger partial charge in [-0.25, -0.2) is 0 Å². The number of anilines is 2. The van der Waals surface area contributed by atoms with Crippen LogP contribution in [0.2, 0.25) is 0 Å². The molecule has 0 unspecified atom stereocenters. The molecule has 0 aliphatic heterocycles. The summed E-state index contributed by atoms with van der Waals surface area (Å²) in [6.07, 6.45) is 2.83. The van der Waals surface area contributed by atoms with Crippen LogP contribution in [0.5, 0.6) is 0 Å². The zero-order chi connectivity index (χ0) is 14.4. The Labute approximate surface area is 119 Å². The number of amides is 1. The summed E-state index contributed by atoms with van der Waals surface area (Å²) in [5.41, 5.74) is 2.82. The number of aromatic nitrogens is 1. The lowest BCUT2D eigenvalue weighted by molar-refractivity contribution is -0.116. The normalized spacial score (nSPS) is 10.1. The first kappa shape index (κ1) is 14.1. The third-order valence-corrected chi connectivity index (χ3v) is 2.98. The fourth-order valence-electron chi connectivity index (χ4n) is 1.87. The van der Waals surface area contributed by atoms with Crippen molar-refractivity contribution in [3.63, 3.8) is 0 Å². The van der Waals surface area contributed by atoms with Gasteiger partial charge in [0.25, 0.3) is 0 Å². The third kappa shape index (κ3) is 4.09. The van der Waals surface area contributed by atoms with E-state index in [4.69, 9.17) is 0 Å². The van der Waals surface area contributed by atoms with E-state index in [0.29, 0.717) is 12.8 Å². The molecule has 0 aliphatic carbocycles. The number of hydrogen-bond acceptors (Lipinski definition) is 3. The molecule has 1 heterocycles. The Morgan fingerprint density at radius 1 is 1.20 bits per heavy atom. The Kier molecular flexibility index (Phi) is 4.71. The maximum absolute atomic E-state index is 11.9. The van der Waals surface area contributed by atoms with Crippen molar-refractivity contribution in [1.82, 2.24) is 4.98 Å². The van der Waals surface area contributed by atoms with Crippen LogP contribution in [0.15, 0.2) is 48.7 Å². The van der Waals surface area contributed by atoms with E-state index >= 15 is 0 Å². The van der Waals surface area contributed by atoms with Crippen LogP contribution in [0.25, 0.3) is 0 Å². The van der Waals surface area contributed by atoms with Gasteiger partial charge in [-0.3, -0.25) is 9.78 Å². The quantitative estimate of drug-likeness (QED) is 0.907. The highest BCUT2D eigenvalue weighted by Gasteiger charge is 2.04. The maximum Gasteiger partial charge on any atom is 0.224 e. The summed E-state index contributed by atoms with van der Waals surface area (Å²) in [5.74, 6) is 0.00607. The summed E-state index contributed by atoms with van der Waals surface area (Å²) < 4.78 is 0. The number of pyridine rings is 1. The van der Waals surface area contributed by atoms with Crippen LogP contribution in [-0.4, -0.2) is 25.0 Å². The van der Waals surface area contributed by atoms with E-state index in [-0.39, 0.29) is 5.91 Å². The topological polar surface area (TPSA) is 45.2 Å². The van der Waals surface area contributed by atoms with Crippen molar-refractivity contribution in [2.45, 2.75) is 12.8 Å². The molecule has 1 N–H and O–H groups in total. The lowest BCUT2D eigenvalue weighted by atomic mass is 10.2. The van der Waals surface area contributed by atoms with Crippen LogP contribution in [-0.2, 0) is 11.2 Å². The Morgan fingerprint density at radius 3 is 2.75 bits per heavy atom. The molecule has 0 spiro atoms. The Bertz CT molecular complexity index is 567. The maximum atomic E-state index is 11.9. The second-order valence-corrected chi connectivity index (χ2v) is 4.81. The minimum atomic E-state index is 0.00607. The molecule has 0 saturated carbocycles. The molecule has 4 heteroatoms. The highest BCUT2D eigenvalue weighted by molar-refractivity contribution is 5.91. The van der Waals surface area contributed by atoms with Gasteiger partial charge >= 0.3 is 0 Å². The molecule has 2 aromatic rings. The molecule has 104 valence electrons. The van der Waals surface area contributed by atoms with Gasteiger partial charge in [-0.15, -0.1) is 0 Å². The predicted octanol–water partition coefficient (Wildman–Crippen LogP) is 2.72. The lowest BCUT2D eigenvalue weighted by Gasteiger charge is -2.14. The molecule has 1 aromatic carbocycles. The van der Waals surface area contributed by atoms with E-state index in [1.54, 1.807) is 6.20 Å². The average molecular weight is 269 g/mol. The summed E-state index contributed by atoms with van der Waals surface area (Å²) in [6.45, 7) is 0. The zero-order valence-electron chi connectivity index (χ0n) is 11.8. The number of rotatable bonds is 5. The first-order chi connectivity index (χ1) is 9.65. The molecule has 0 aliphatic rings. The van der Waals surface area contributed by atoms with Crippen molar-refractivity contribution in [1.29, 1.82) is 0 Å². The van der Waals surface area contributed by atoms with E-state index in [0.717, 1.165) is 17.1 Å². The van der Waals surface area contributed by atoms with Crippen LogP contribution < -0.4 is 10.2 Å². The van der Waals surface area contributed by atoms with E-state index in [1.807, 2.05) is 61.5 Å². The van der Waals surface area contributed by atoms with Crippen molar-refractivity contribution < 1.29 is 4.79 Å². The minimum absolute atomic E-state index is 0.00607. The number of aryl methyl sites for hydroxylation is 1. The van der Waals surface area contributed by atoms with E-state index < -0.39 is 0 Å². The van der Waals surface area contributed by atoms with Crippen LogP contribution in [0, 0.1) is 0 Å². The number of carbonyl (C=O) groups excluding carboxylic acids is 1. The van der Waals surface area contributed by atoms with Crippen LogP contribution in [0.1, 0.15) is 12.1 Å². The van der Waals surface area contributed by atoms with E-state index in [9.17, 15) is 4.79 Å². The minimum Gasteiger partial charge on any atom is -0.378 e. The monoisotopic (exact) mass is 269 g/mol. The number of nitrogens with zero attached hydrogens (tertiary/aromatic N) is 2. The Balaban J connectivity index is 1.90. The van der Waals surface area contributed by atoms with Gasteiger partial charge in [0, 0.05) is 43.8 Å². The molecule has 0 fully saturated rings. The molecular formula is C16H19N3O. The standard InChI is InChI=1S/C16H19N3O/c1-19(2)15-8-5-7-14(12-15)18-16(20)10-9-13-6-3-4-11-17-13/h3-8,11-12H,9-10H2,1-2H3,(H,18,20). The van der Waals surface area contributed by atoms with Gasteiger partial charge in [-0.05, 0) is 36.8 Å². The fourth-order valence-corrected chi connectivity index (χ4v) is 1.87. The predicted molar refractivity (Wildman–Crippen MR) is 82.0 cm³/mol. The van der Waals surface area contributed by atoms with Crippen molar-refractivity contribution in [2.75, 3.05) is 24.3 Å². The van der Waals surface area contributed by atoms with Crippen LogP contribution >= 0.6 is 0 Å². The van der Waals surface area contributed by atoms with Crippen molar-refractivity contribution in [2.24, 2.45) is 0 Å². The van der Waals surface area contributed by atoms with Crippen molar-refractivity contribution in [3.05, 3.63) is 54.4 Å². The summed E-state index contributed by atoms with van der Waals surface area (Å²) in [6, 6.07) is 13.5. The first-order valence-corrected chi connectivity index (χ1v) is 6.62. The van der Waals surface area contributed by atoms with E-state index in [1.165, 1.54) is 0 Å². The average Bonchev–Trinajstić information content (AvgIpc) is 2.46. The third-order valence-electron chi connectivity index (χ3n) is 2.98. The number of carbonyl (C=O) groups is 1. The number of hydrogen-bond donors (Lipinski definition) is 1. The van der Waals surface area contributed by atoms with Gasteiger partial charge in [0.05, 0.1) is 0 Å². The summed E-state index contributed by atoms with van der Waals surface area (Å²) in [4.78, 5) is 18.1. The van der Waals surface area contributed by atoms with Gasteiger partial charge in [-0.1, -0.05) is 12.1 Å². The van der Waals surface area contributed by atoms with Crippen molar-refractivity contribution >= 4 is 17.3 Å². The second-order valence-electron chi connectivity index (χ2n) is 4.81. The summed E-state index contributed by atoms with van der Waals surface area (Å²) >= 11 is 0. The van der Waals surface area contributed by atoms with Gasteiger partial charge in [0.2, 0.25) is 5.91 Å². The largest absolute Gasteiger partial charge is 0.378 e. The van der Waals surface area contributed by atoms with Crippen molar-refractivity contribution in [3.8, 4) is 0 Å². The molecule has 2 rings (SSSR count). The van der Waals surface area contributed by atoms with Gasteiger partial charge in [0.1, 0.15) is 0 Å². The van der Waals surface area contributed by atoms with Crippen LogP contribution in [0.4, 0.5) is 11.4 Å². The molecule has 1 amide bonds. The highest BCUT2D eigenvalue weighted by atomic mass is 16.1. The smallest absolute Gasteiger partial charge is 0.224 e. The second kappa shape index (κ2) is 6.70. The molecule has 0 radical (unpaired) electrons. The molecule has 4 nitrogen and oxygen atoms in total. The highest BCUT2D eigenvalue weighted by Crippen LogP contribution is 2.17. The molecule has 0 saturated heterocycles. The molecule has 20 heavy (non-hydrogen) atoms. The summed E-state index contributed by atoms with van der Waals surface area (Å²) in [5, 5.41) is 2.91. The molecule has 1 aromatic heterocycles. The first-order valence-electron chi connectivity index (χ1n) is 6.62. The van der Waals surface area contributed by atoms with Gasteiger partial charge in [0.15, 0.2) is 0 Å². The Morgan fingerprint density at radius 2 is 2.05 bits per heavy atom. The van der Waals surface area contributed by atoms with Crippen LogP contribution in [0.3, 0.4) is 0 Å². The number of benzene rings is 1. The molecule has 0 atom stereocenters. The van der Waals surface area contributed by atoms with Gasteiger partial charge in [-0.2, -0.15) is 0 Å². The zero-order valence-corrected chi connectivity index (χ0v) is 11.8. The van der Waals surface area contributed by atoms with E-state index in [2.05, 4.69) is 10.3 Å². The number of nitrogens with one attached hydrogen (secondary N) is 1. The molecule has 0 bridgehead atoms. The summed E-state index contributed by atoms with van der Waals surface area (Å²) in [7, 11) is 3.95. The lowest BCUT2D eigenvalue weighted by Crippen LogP contribution is -2.14.